The number of nitrogens with one attached hydrogen (secondary N) is 2. The largest absolute Gasteiger partial charge is 0.391 e. The number of carbonyl (C=O) groups excluding carboxylic acids is 1. The van der Waals surface area contributed by atoms with Gasteiger partial charge in [0.2, 0.25) is 0 Å². The van der Waals surface area contributed by atoms with Crippen molar-refractivity contribution in [2.45, 2.75) is 16.0 Å². The summed E-state index contributed by atoms with van der Waals surface area (Å²) in [6, 6.07) is 10.8. The van der Waals surface area contributed by atoms with E-state index in [1.54, 1.807) is 12.1 Å². The van der Waals surface area contributed by atoms with E-state index in [1.807, 2.05) is 24.3 Å². The van der Waals surface area contributed by atoms with Gasteiger partial charge in [0.15, 0.2) is 5.69 Å². The first-order chi connectivity index (χ1) is 11.6. The Morgan fingerprint density at radius 2 is 2.12 bits per heavy atom. The van der Waals surface area contributed by atoms with Crippen molar-refractivity contribution < 1.29 is 9.90 Å². The molecule has 2 atom stereocenters. The van der Waals surface area contributed by atoms with Gasteiger partial charge in [0.25, 0.3) is 5.91 Å². The number of aliphatic hydroxyl groups is 1. The second kappa shape index (κ2) is 7.94. The highest BCUT2D eigenvalue weighted by Crippen LogP contribution is 2.31. The van der Waals surface area contributed by atoms with Gasteiger partial charge in [0.05, 0.1) is 11.1 Å². The lowest BCUT2D eigenvalue weighted by molar-refractivity contribution is 0.0921. The Bertz CT molecular complexity index is 713. The molecule has 1 aliphatic rings. The summed E-state index contributed by atoms with van der Waals surface area (Å²) in [4.78, 5) is 13.0. The van der Waals surface area contributed by atoms with Crippen LogP contribution >= 0.6 is 23.4 Å². The molecule has 0 spiro atoms. The first-order valence-corrected chi connectivity index (χ1v) is 8.76. The summed E-state index contributed by atoms with van der Waals surface area (Å²) in [5, 5.41) is 24.9. The van der Waals surface area contributed by atoms with Crippen LogP contribution in [0.15, 0.2) is 46.3 Å². The van der Waals surface area contributed by atoms with Gasteiger partial charge in [-0.2, -0.15) is 0 Å². The summed E-state index contributed by atoms with van der Waals surface area (Å²) < 4.78 is 0. The van der Waals surface area contributed by atoms with Crippen molar-refractivity contribution in [3.05, 3.63) is 47.1 Å². The number of aliphatic hydroxyl groups excluding tert-OH is 1. The third-order valence-corrected chi connectivity index (χ3v) is 5.20. The van der Waals surface area contributed by atoms with Crippen LogP contribution in [0, 0.1) is 5.92 Å². The lowest BCUT2D eigenvalue weighted by atomic mass is 10.1. The van der Waals surface area contributed by atoms with Gasteiger partial charge in [0, 0.05) is 30.4 Å². The molecule has 24 heavy (non-hydrogen) atoms. The predicted octanol–water partition coefficient (Wildman–Crippen LogP) is 1.59. The maximum atomic E-state index is 12.1. The van der Waals surface area contributed by atoms with E-state index in [0.717, 1.165) is 4.90 Å². The van der Waals surface area contributed by atoms with Crippen LogP contribution in [0.1, 0.15) is 10.5 Å². The summed E-state index contributed by atoms with van der Waals surface area (Å²) in [6.45, 7) is 1.67. The van der Waals surface area contributed by atoms with Crippen LogP contribution in [0.2, 0.25) is 5.02 Å². The molecule has 1 amide bonds. The van der Waals surface area contributed by atoms with Gasteiger partial charge in [-0.3, -0.25) is 4.79 Å². The average Bonchev–Trinajstić information content (AvgIpc) is 3.00. The Kier molecular flexibility index (Phi) is 5.68. The molecular formula is C16H17ClN4O2S. The van der Waals surface area contributed by atoms with Gasteiger partial charge in [-0.25, -0.2) is 0 Å². The van der Waals surface area contributed by atoms with Gasteiger partial charge in [-0.05, 0) is 24.3 Å². The number of halogens is 1. The van der Waals surface area contributed by atoms with Crippen LogP contribution in [0.3, 0.4) is 0 Å². The molecule has 2 unspecified atom stereocenters. The van der Waals surface area contributed by atoms with Gasteiger partial charge in [-0.1, -0.05) is 35.5 Å². The molecule has 126 valence electrons. The van der Waals surface area contributed by atoms with Gasteiger partial charge in [0.1, 0.15) is 5.03 Å². The maximum Gasteiger partial charge on any atom is 0.271 e. The number of hydrogen-bond donors (Lipinski definition) is 3. The highest BCUT2D eigenvalue weighted by molar-refractivity contribution is 7.99. The van der Waals surface area contributed by atoms with Crippen molar-refractivity contribution in [3.63, 3.8) is 0 Å². The molecule has 1 aliphatic heterocycles. The molecule has 3 N–H and O–H groups in total. The molecule has 1 fully saturated rings. The lowest BCUT2D eigenvalue weighted by Gasteiger charge is -2.13. The Morgan fingerprint density at radius 3 is 2.79 bits per heavy atom. The number of hydrogen-bond acceptors (Lipinski definition) is 6. The highest BCUT2D eigenvalue weighted by atomic mass is 35.5. The molecule has 8 heteroatoms. The summed E-state index contributed by atoms with van der Waals surface area (Å²) in [5.74, 6) is -0.271. The lowest BCUT2D eigenvalue weighted by Crippen LogP contribution is -2.34. The molecule has 0 aliphatic carbocycles. The molecule has 1 saturated heterocycles. The third kappa shape index (κ3) is 4.24. The zero-order chi connectivity index (χ0) is 16.9. The molecule has 3 rings (SSSR count). The Balaban J connectivity index is 1.57. The summed E-state index contributed by atoms with van der Waals surface area (Å²) >= 11 is 7.50. The molecule has 2 heterocycles. The van der Waals surface area contributed by atoms with Crippen molar-refractivity contribution in [2.75, 3.05) is 19.6 Å². The Labute approximate surface area is 149 Å². The van der Waals surface area contributed by atoms with Crippen molar-refractivity contribution in [3.8, 4) is 0 Å². The molecule has 0 radical (unpaired) electrons. The van der Waals surface area contributed by atoms with Crippen LogP contribution in [0.5, 0.6) is 0 Å². The zero-order valence-electron chi connectivity index (χ0n) is 12.8. The topological polar surface area (TPSA) is 87.1 Å². The Morgan fingerprint density at radius 1 is 1.29 bits per heavy atom. The smallest absolute Gasteiger partial charge is 0.271 e. The number of carbonyl (C=O) groups is 1. The number of β-amino-alcohol motifs (C(OH)–C–C–N with tert-alkyl or cyclic N) is 1. The van der Waals surface area contributed by atoms with Crippen LogP contribution in [-0.2, 0) is 0 Å². The number of aromatic nitrogens is 2. The minimum atomic E-state index is -0.425. The molecule has 1 aromatic carbocycles. The molecule has 2 aromatic rings. The maximum absolute atomic E-state index is 12.1. The number of rotatable bonds is 5. The predicted molar refractivity (Wildman–Crippen MR) is 92.3 cm³/mol. The molecule has 0 bridgehead atoms. The van der Waals surface area contributed by atoms with E-state index >= 15 is 0 Å². The van der Waals surface area contributed by atoms with Crippen LogP contribution in [0.25, 0.3) is 0 Å². The van der Waals surface area contributed by atoms with E-state index in [0.29, 0.717) is 29.7 Å². The zero-order valence-corrected chi connectivity index (χ0v) is 14.3. The Hall–Kier alpha value is -1.67. The summed E-state index contributed by atoms with van der Waals surface area (Å²) in [6.07, 6.45) is -0.425. The molecule has 6 nitrogen and oxygen atoms in total. The van der Waals surface area contributed by atoms with E-state index in [-0.39, 0.29) is 17.5 Å². The van der Waals surface area contributed by atoms with Crippen molar-refractivity contribution in [1.82, 2.24) is 20.8 Å². The number of amides is 1. The molecule has 0 saturated carbocycles. The average molecular weight is 365 g/mol. The van der Waals surface area contributed by atoms with E-state index in [9.17, 15) is 9.90 Å². The van der Waals surface area contributed by atoms with E-state index in [4.69, 9.17) is 11.6 Å². The monoisotopic (exact) mass is 364 g/mol. The van der Waals surface area contributed by atoms with Crippen LogP contribution < -0.4 is 10.6 Å². The fraction of sp³-hybridized carbons (Fsp3) is 0.312. The summed E-state index contributed by atoms with van der Waals surface area (Å²) in [7, 11) is 0. The highest BCUT2D eigenvalue weighted by Gasteiger charge is 2.25. The molecule has 1 aromatic heterocycles. The standard InChI is InChI=1S/C16H17ClN4O2S/c17-11-3-1-2-4-14(11)24-15-6-5-12(20-21-15)16(23)19-8-10-7-18-9-13(10)22/h1-6,10,13,18,22H,7-9H2,(H,19,23). The van der Waals surface area contributed by atoms with E-state index in [1.165, 1.54) is 11.8 Å². The second-order valence-electron chi connectivity index (χ2n) is 5.48. The normalized spacial score (nSPS) is 20.1. The van der Waals surface area contributed by atoms with Crippen molar-refractivity contribution in [1.29, 1.82) is 0 Å². The van der Waals surface area contributed by atoms with Crippen molar-refractivity contribution >= 4 is 29.3 Å². The van der Waals surface area contributed by atoms with Crippen LogP contribution in [-0.4, -0.2) is 46.9 Å². The number of benzene rings is 1. The third-order valence-electron chi connectivity index (χ3n) is 3.75. The summed E-state index contributed by atoms with van der Waals surface area (Å²) in [5.41, 5.74) is 0.249. The molecular weight excluding hydrogens is 348 g/mol. The van der Waals surface area contributed by atoms with Gasteiger partial charge in [-0.15, -0.1) is 10.2 Å². The van der Waals surface area contributed by atoms with E-state index < -0.39 is 6.10 Å². The SMILES string of the molecule is O=C(NCC1CNCC1O)c1ccc(Sc2ccccc2Cl)nn1. The van der Waals surface area contributed by atoms with Crippen molar-refractivity contribution in [2.24, 2.45) is 5.92 Å². The quantitative estimate of drug-likeness (QED) is 0.747. The first kappa shape index (κ1) is 17.2. The van der Waals surface area contributed by atoms with Crippen LogP contribution in [0.4, 0.5) is 0 Å². The minimum Gasteiger partial charge on any atom is -0.391 e. The number of nitrogens with zero attached hydrogens (tertiary/aromatic N) is 2. The fourth-order valence-electron chi connectivity index (χ4n) is 2.38. The minimum absolute atomic E-state index is 0.0250. The van der Waals surface area contributed by atoms with E-state index in [2.05, 4.69) is 20.8 Å². The first-order valence-electron chi connectivity index (χ1n) is 7.56. The second-order valence-corrected chi connectivity index (χ2v) is 6.95. The van der Waals surface area contributed by atoms with Gasteiger partial charge >= 0.3 is 0 Å². The fourth-order valence-corrected chi connectivity index (χ4v) is 3.38. The van der Waals surface area contributed by atoms with Gasteiger partial charge < -0.3 is 15.7 Å².